The Hall–Kier alpha value is -2.91. The van der Waals surface area contributed by atoms with Crippen molar-refractivity contribution >= 4 is 11.9 Å². The summed E-state index contributed by atoms with van der Waals surface area (Å²) in [6.45, 7) is 0.835. The smallest absolute Gasteiger partial charge is 0.435 e. The zero-order valence-electron chi connectivity index (χ0n) is 12.8. The number of amides is 1. The number of halogens is 4. The number of carboxylic acids is 1. The predicted molar refractivity (Wildman–Crippen MR) is 76.9 cm³/mol. The number of aryl methyl sites for hydroxylation is 1. The summed E-state index contributed by atoms with van der Waals surface area (Å²) in [4.78, 5) is 23.3. The molecule has 1 aromatic carbocycles. The third-order valence-corrected chi connectivity index (χ3v) is 3.30. The van der Waals surface area contributed by atoms with Crippen LogP contribution in [-0.4, -0.2) is 26.8 Å². The van der Waals surface area contributed by atoms with Gasteiger partial charge in [0.2, 0.25) is 5.91 Å². The number of carbonyl (C=O) groups excluding carboxylic acids is 1. The van der Waals surface area contributed by atoms with Gasteiger partial charge in [-0.05, 0) is 30.2 Å². The molecule has 1 atom stereocenters. The zero-order chi connectivity index (χ0) is 18.8. The van der Waals surface area contributed by atoms with Crippen molar-refractivity contribution in [1.82, 2.24) is 15.1 Å². The van der Waals surface area contributed by atoms with Crippen LogP contribution in [0.25, 0.3) is 0 Å². The third kappa shape index (κ3) is 4.55. The molecule has 0 saturated heterocycles. The molecule has 2 aromatic rings. The van der Waals surface area contributed by atoms with Gasteiger partial charge < -0.3 is 10.4 Å². The number of carboxylic acid groups (broad SMARTS) is 1. The van der Waals surface area contributed by atoms with Gasteiger partial charge in [0.05, 0.1) is 0 Å². The summed E-state index contributed by atoms with van der Waals surface area (Å²) in [5, 5.41) is 14.6. The fourth-order valence-electron chi connectivity index (χ4n) is 2.09. The molecule has 0 saturated carbocycles. The SMILES string of the molecule is Cc1cc(C(NC(=O)Cn2ccc(C(F)(F)F)n2)C(=O)O)ccc1F. The molecule has 1 amide bonds. The van der Waals surface area contributed by atoms with Gasteiger partial charge in [0, 0.05) is 6.20 Å². The Labute approximate surface area is 139 Å². The number of hydrogen-bond acceptors (Lipinski definition) is 3. The zero-order valence-corrected chi connectivity index (χ0v) is 12.8. The molecule has 0 bridgehead atoms. The quantitative estimate of drug-likeness (QED) is 0.803. The van der Waals surface area contributed by atoms with Crippen LogP contribution in [0.2, 0.25) is 0 Å². The van der Waals surface area contributed by atoms with Crippen LogP contribution in [-0.2, 0) is 22.3 Å². The van der Waals surface area contributed by atoms with Crippen LogP contribution in [0.3, 0.4) is 0 Å². The van der Waals surface area contributed by atoms with Gasteiger partial charge >= 0.3 is 12.1 Å². The molecular weight excluding hydrogens is 346 g/mol. The molecule has 0 aliphatic rings. The van der Waals surface area contributed by atoms with Crippen LogP contribution in [0.5, 0.6) is 0 Å². The van der Waals surface area contributed by atoms with Crippen LogP contribution < -0.4 is 5.32 Å². The molecule has 10 heteroatoms. The van der Waals surface area contributed by atoms with Gasteiger partial charge in [-0.15, -0.1) is 0 Å². The van der Waals surface area contributed by atoms with Gasteiger partial charge in [-0.25, -0.2) is 9.18 Å². The minimum atomic E-state index is -4.64. The average Bonchev–Trinajstić information content (AvgIpc) is 2.96. The van der Waals surface area contributed by atoms with Crippen molar-refractivity contribution in [2.24, 2.45) is 0 Å². The van der Waals surface area contributed by atoms with E-state index in [2.05, 4.69) is 10.4 Å². The second-order valence-electron chi connectivity index (χ2n) is 5.24. The summed E-state index contributed by atoms with van der Waals surface area (Å²) in [5.74, 6) is -2.78. The Bertz CT molecular complexity index is 802. The number of nitrogens with one attached hydrogen (secondary N) is 1. The summed E-state index contributed by atoms with van der Waals surface area (Å²) in [7, 11) is 0. The first-order chi connectivity index (χ1) is 11.6. The number of hydrogen-bond donors (Lipinski definition) is 2. The highest BCUT2D eigenvalue weighted by atomic mass is 19.4. The van der Waals surface area contributed by atoms with Gasteiger partial charge in [0.1, 0.15) is 12.4 Å². The van der Waals surface area contributed by atoms with E-state index < -0.39 is 42.2 Å². The van der Waals surface area contributed by atoms with Crippen LogP contribution in [0.1, 0.15) is 22.9 Å². The molecule has 25 heavy (non-hydrogen) atoms. The molecule has 0 spiro atoms. The minimum Gasteiger partial charge on any atom is -0.479 e. The summed E-state index contributed by atoms with van der Waals surface area (Å²) in [5.41, 5.74) is -0.833. The highest BCUT2D eigenvalue weighted by molar-refractivity contribution is 5.84. The second-order valence-corrected chi connectivity index (χ2v) is 5.24. The Balaban J connectivity index is 2.11. The number of benzene rings is 1. The monoisotopic (exact) mass is 359 g/mol. The number of rotatable bonds is 5. The molecule has 0 aliphatic heterocycles. The van der Waals surface area contributed by atoms with Crippen molar-refractivity contribution < 1.29 is 32.3 Å². The van der Waals surface area contributed by atoms with Crippen molar-refractivity contribution in [3.63, 3.8) is 0 Å². The number of nitrogens with zero attached hydrogens (tertiary/aromatic N) is 2. The standard InChI is InChI=1S/C15H13F4N3O3/c1-8-6-9(2-3-10(8)16)13(14(24)25)20-12(23)7-22-5-4-11(21-22)15(17,18)19/h2-6,13H,7H2,1H3,(H,20,23)(H,24,25). The highest BCUT2D eigenvalue weighted by Gasteiger charge is 2.33. The lowest BCUT2D eigenvalue weighted by Gasteiger charge is -2.15. The first-order valence-electron chi connectivity index (χ1n) is 6.97. The second kappa shape index (κ2) is 6.91. The Morgan fingerprint density at radius 1 is 1.32 bits per heavy atom. The van der Waals surface area contributed by atoms with Crippen molar-refractivity contribution in [2.45, 2.75) is 25.7 Å². The van der Waals surface area contributed by atoms with E-state index in [0.29, 0.717) is 6.07 Å². The number of aromatic nitrogens is 2. The first kappa shape index (κ1) is 18.4. The van der Waals surface area contributed by atoms with Gasteiger partial charge in [-0.2, -0.15) is 18.3 Å². The van der Waals surface area contributed by atoms with Gasteiger partial charge in [-0.1, -0.05) is 12.1 Å². The molecule has 0 radical (unpaired) electrons. The van der Waals surface area contributed by atoms with E-state index in [1.54, 1.807) is 0 Å². The Morgan fingerprint density at radius 3 is 2.52 bits per heavy atom. The normalized spacial score (nSPS) is 12.7. The molecule has 2 rings (SSSR count). The lowest BCUT2D eigenvalue weighted by Crippen LogP contribution is -2.36. The maximum Gasteiger partial charge on any atom is 0.435 e. The fourth-order valence-corrected chi connectivity index (χ4v) is 2.09. The average molecular weight is 359 g/mol. The van der Waals surface area contributed by atoms with E-state index in [4.69, 9.17) is 0 Å². The Kier molecular flexibility index (Phi) is 5.10. The molecule has 6 nitrogen and oxygen atoms in total. The summed E-state index contributed by atoms with van der Waals surface area (Å²) >= 11 is 0. The van der Waals surface area contributed by atoms with Crippen molar-refractivity contribution in [2.75, 3.05) is 0 Å². The van der Waals surface area contributed by atoms with Crippen molar-refractivity contribution in [1.29, 1.82) is 0 Å². The molecule has 0 aliphatic carbocycles. The molecule has 1 unspecified atom stereocenters. The van der Waals surface area contributed by atoms with E-state index in [1.165, 1.54) is 19.1 Å². The summed E-state index contributed by atoms with van der Waals surface area (Å²) in [6, 6.07) is 2.77. The van der Waals surface area contributed by atoms with Gasteiger partial charge in [0.15, 0.2) is 11.7 Å². The van der Waals surface area contributed by atoms with Crippen LogP contribution in [0.15, 0.2) is 30.5 Å². The fraction of sp³-hybridized carbons (Fsp3) is 0.267. The van der Waals surface area contributed by atoms with Crippen LogP contribution >= 0.6 is 0 Å². The van der Waals surface area contributed by atoms with Gasteiger partial charge in [-0.3, -0.25) is 9.48 Å². The molecule has 2 N–H and O–H groups in total. The molecular formula is C15H13F4N3O3. The van der Waals surface area contributed by atoms with Gasteiger partial charge in [0.25, 0.3) is 0 Å². The van der Waals surface area contributed by atoms with Crippen molar-refractivity contribution in [3.05, 3.63) is 53.1 Å². The Morgan fingerprint density at radius 2 is 2.00 bits per heavy atom. The van der Waals surface area contributed by atoms with E-state index in [-0.39, 0.29) is 11.1 Å². The third-order valence-electron chi connectivity index (χ3n) is 3.30. The molecule has 1 heterocycles. The van der Waals surface area contributed by atoms with Crippen LogP contribution in [0.4, 0.5) is 17.6 Å². The summed E-state index contributed by atoms with van der Waals surface area (Å²) in [6.07, 6.45) is -3.68. The molecule has 134 valence electrons. The predicted octanol–water partition coefficient (Wildman–Crippen LogP) is 2.29. The lowest BCUT2D eigenvalue weighted by atomic mass is 10.0. The largest absolute Gasteiger partial charge is 0.479 e. The van der Waals surface area contributed by atoms with E-state index in [9.17, 15) is 32.3 Å². The number of aliphatic carboxylic acids is 1. The number of alkyl halides is 3. The van der Waals surface area contributed by atoms with E-state index in [1.807, 2.05) is 0 Å². The summed E-state index contributed by atoms with van der Waals surface area (Å²) < 4.78 is 51.4. The number of carbonyl (C=O) groups is 2. The molecule has 1 aromatic heterocycles. The first-order valence-corrected chi connectivity index (χ1v) is 6.97. The topological polar surface area (TPSA) is 84.2 Å². The van der Waals surface area contributed by atoms with Crippen LogP contribution in [0, 0.1) is 12.7 Å². The minimum absolute atomic E-state index is 0.135. The van der Waals surface area contributed by atoms with Crippen molar-refractivity contribution in [3.8, 4) is 0 Å². The van der Waals surface area contributed by atoms with E-state index in [0.717, 1.165) is 16.9 Å². The molecule has 0 fully saturated rings. The lowest BCUT2D eigenvalue weighted by molar-refractivity contribution is -0.142. The maximum atomic E-state index is 13.3. The maximum absolute atomic E-state index is 13.3. The van der Waals surface area contributed by atoms with E-state index >= 15 is 0 Å². The highest BCUT2D eigenvalue weighted by Crippen LogP contribution is 2.27.